The van der Waals surface area contributed by atoms with E-state index in [1.807, 2.05) is 44.2 Å². The van der Waals surface area contributed by atoms with Gasteiger partial charge in [-0.2, -0.15) is 0 Å². The molecule has 2 rings (SSSR count). The van der Waals surface area contributed by atoms with Gasteiger partial charge >= 0.3 is 0 Å². The first-order valence-corrected chi connectivity index (χ1v) is 10.8. The van der Waals surface area contributed by atoms with Crippen LogP contribution in [-0.4, -0.2) is 72.2 Å². The molecular formula is C23H33N5O4. The summed E-state index contributed by atoms with van der Waals surface area (Å²) in [7, 11) is 1.66. The van der Waals surface area contributed by atoms with Gasteiger partial charge in [0.05, 0.1) is 12.6 Å². The van der Waals surface area contributed by atoms with Crippen LogP contribution in [0.15, 0.2) is 42.7 Å². The van der Waals surface area contributed by atoms with E-state index < -0.39 is 23.9 Å². The van der Waals surface area contributed by atoms with Crippen LogP contribution in [0, 0.1) is 5.92 Å². The Kier molecular flexibility index (Phi) is 9.39. The maximum Gasteiger partial charge on any atom is 0.246 e. The molecule has 9 heteroatoms. The zero-order valence-electron chi connectivity index (χ0n) is 19.1. The van der Waals surface area contributed by atoms with E-state index in [1.54, 1.807) is 31.3 Å². The summed E-state index contributed by atoms with van der Waals surface area (Å²) >= 11 is 0. The third-order valence-corrected chi connectivity index (χ3v) is 5.34. The Balaban J connectivity index is 1.86. The molecule has 0 aliphatic carbocycles. The average molecular weight is 444 g/mol. The molecule has 0 unspecified atom stereocenters. The minimum atomic E-state index is -0.766. The molecule has 0 saturated carbocycles. The number of nitrogens with zero attached hydrogens (tertiary/aromatic N) is 2. The lowest BCUT2D eigenvalue weighted by atomic mass is 10.0. The fourth-order valence-electron chi connectivity index (χ4n) is 3.12. The molecule has 3 N–H and O–H groups in total. The van der Waals surface area contributed by atoms with Gasteiger partial charge in [-0.25, -0.2) is 0 Å². The van der Waals surface area contributed by atoms with E-state index in [0.717, 1.165) is 12.0 Å². The highest BCUT2D eigenvalue weighted by Crippen LogP contribution is 2.08. The standard InChI is InChI=1S/C23H33N5O4/c1-16(2)21(26-22(31)17(3)24-4)23(32)25-14-19(29)28-13-12-27(20(30)15-28)11-10-18-8-6-5-7-9-18/h5-9,12-13,16-17,21,24H,10-11,14-15H2,1-4H3,(H,25,32)(H,26,31)/t17-,21-/m0/s1. The molecule has 32 heavy (non-hydrogen) atoms. The molecule has 174 valence electrons. The lowest BCUT2D eigenvalue weighted by Crippen LogP contribution is -2.55. The van der Waals surface area contributed by atoms with E-state index in [1.165, 1.54) is 4.90 Å². The molecule has 1 heterocycles. The highest BCUT2D eigenvalue weighted by atomic mass is 16.2. The van der Waals surface area contributed by atoms with Crippen LogP contribution in [0.2, 0.25) is 0 Å². The van der Waals surface area contributed by atoms with Gasteiger partial charge in [-0.3, -0.25) is 19.2 Å². The molecule has 2 atom stereocenters. The maximum absolute atomic E-state index is 12.5. The molecule has 1 aliphatic rings. The van der Waals surface area contributed by atoms with Crippen molar-refractivity contribution in [3.63, 3.8) is 0 Å². The molecule has 0 radical (unpaired) electrons. The Labute approximate surface area is 189 Å². The van der Waals surface area contributed by atoms with Crippen molar-refractivity contribution in [2.75, 3.05) is 26.7 Å². The van der Waals surface area contributed by atoms with Crippen LogP contribution in [0.3, 0.4) is 0 Å². The lowest BCUT2D eigenvalue weighted by molar-refractivity contribution is -0.139. The van der Waals surface area contributed by atoms with Gasteiger partial charge in [-0.05, 0) is 31.9 Å². The predicted octanol–water partition coefficient (Wildman–Crippen LogP) is 0.236. The molecule has 0 bridgehead atoms. The first-order chi connectivity index (χ1) is 15.2. The normalized spacial score (nSPS) is 15.5. The first-order valence-electron chi connectivity index (χ1n) is 10.8. The fourth-order valence-corrected chi connectivity index (χ4v) is 3.12. The SMILES string of the molecule is CN[C@@H](C)C(=O)N[C@H](C(=O)NCC(=O)N1C=CN(CCc2ccccc2)C(=O)C1)C(C)C. The second-order valence-corrected chi connectivity index (χ2v) is 8.10. The van der Waals surface area contributed by atoms with Crippen molar-refractivity contribution < 1.29 is 19.2 Å². The van der Waals surface area contributed by atoms with Gasteiger partial charge in [-0.1, -0.05) is 44.2 Å². The van der Waals surface area contributed by atoms with Crippen LogP contribution in [-0.2, 0) is 25.6 Å². The molecular weight excluding hydrogens is 410 g/mol. The van der Waals surface area contributed by atoms with Crippen molar-refractivity contribution >= 4 is 23.6 Å². The van der Waals surface area contributed by atoms with Gasteiger partial charge in [-0.15, -0.1) is 0 Å². The number of rotatable bonds is 10. The summed E-state index contributed by atoms with van der Waals surface area (Å²) in [4.78, 5) is 52.4. The van der Waals surface area contributed by atoms with E-state index in [4.69, 9.17) is 0 Å². The van der Waals surface area contributed by atoms with E-state index in [-0.39, 0.29) is 30.8 Å². The lowest BCUT2D eigenvalue weighted by Gasteiger charge is -2.29. The molecule has 0 fully saturated rings. The quantitative estimate of drug-likeness (QED) is 0.480. The summed E-state index contributed by atoms with van der Waals surface area (Å²) in [6.07, 6.45) is 3.86. The average Bonchev–Trinajstić information content (AvgIpc) is 2.79. The number of benzene rings is 1. The Bertz CT molecular complexity index is 840. The van der Waals surface area contributed by atoms with Crippen LogP contribution < -0.4 is 16.0 Å². The first kappa shape index (κ1) is 25.1. The number of hydrogen-bond donors (Lipinski definition) is 3. The summed E-state index contributed by atoms with van der Waals surface area (Å²) in [6.45, 7) is 5.50. The zero-order valence-corrected chi connectivity index (χ0v) is 19.1. The maximum atomic E-state index is 12.5. The van der Waals surface area contributed by atoms with Crippen molar-refractivity contribution in [2.24, 2.45) is 5.92 Å². The highest BCUT2D eigenvalue weighted by Gasteiger charge is 2.27. The Morgan fingerprint density at radius 2 is 1.72 bits per heavy atom. The fraction of sp³-hybridized carbons (Fsp3) is 0.478. The Hall–Kier alpha value is -3.20. The molecule has 0 saturated heterocycles. The highest BCUT2D eigenvalue weighted by molar-refractivity contribution is 5.93. The number of carbonyl (C=O) groups excluding carboxylic acids is 4. The van der Waals surface area contributed by atoms with Gasteiger partial charge in [0.2, 0.25) is 23.6 Å². The molecule has 1 aliphatic heterocycles. The molecule has 4 amide bonds. The molecule has 9 nitrogen and oxygen atoms in total. The number of carbonyl (C=O) groups is 4. The molecule has 1 aromatic carbocycles. The number of amides is 4. The van der Waals surface area contributed by atoms with Crippen LogP contribution in [0.4, 0.5) is 0 Å². The number of hydrogen-bond acceptors (Lipinski definition) is 5. The van der Waals surface area contributed by atoms with Crippen molar-refractivity contribution in [3.05, 3.63) is 48.3 Å². The Morgan fingerprint density at radius 1 is 1.03 bits per heavy atom. The van der Waals surface area contributed by atoms with Gasteiger partial charge in [0.25, 0.3) is 0 Å². The molecule has 0 spiro atoms. The van der Waals surface area contributed by atoms with E-state index >= 15 is 0 Å². The van der Waals surface area contributed by atoms with Crippen molar-refractivity contribution in [1.29, 1.82) is 0 Å². The van der Waals surface area contributed by atoms with E-state index in [9.17, 15) is 19.2 Å². The second-order valence-electron chi connectivity index (χ2n) is 8.10. The summed E-state index contributed by atoms with van der Waals surface area (Å²) in [5.74, 6) is -1.48. The summed E-state index contributed by atoms with van der Waals surface area (Å²) in [6, 6.07) is 8.64. The van der Waals surface area contributed by atoms with Crippen molar-refractivity contribution in [2.45, 2.75) is 39.3 Å². The van der Waals surface area contributed by atoms with Gasteiger partial charge in [0.1, 0.15) is 12.6 Å². The van der Waals surface area contributed by atoms with Crippen LogP contribution in [0.1, 0.15) is 26.3 Å². The topological polar surface area (TPSA) is 111 Å². The smallest absolute Gasteiger partial charge is 0.246 e. The predicted molar refractivity (Wildman–Crippen MR) is 121 cm³/mol. The second kappa shape index (κ2) is 12.0. The monoisotopic (exact) mass is 443 g/mol. The largest absolute Gasteiger partial charge is 0.345 e. The van der Waals surface area contributed by atoms with Gasteiger partial charge < -0.3 is 25.8 Å². The number of nitrogens with one attached hydrogen (secondary N) is 3. The van der Waals surface area contributed by atoms with Crippen LogP contribution >= 0.6 is 0 Å². The van der Waals surface area contributed by atoms with Gasteiger partial charge in [0.15, 0.2) is 0 Å². The summed E-state index contributed by atoms with van der Waals surface area (Å²) < 4.78 is 0. The van der Waals surface area contributed by atoms with Crippen LogP contribution in [0.25, 0.3) is 0 Å². The minimum absolute atomic E-state index is 0.0793. The molecule has 0 aromatic heterocycles. The Morgan fingerprint density at radius 3 is 2.31 bits per heavy atom. The third kappa shape index (κ3) is 7.19. The minimum Gasteiger partial charge on any atom is -0.345 e. The third-order valence-electron chi connectivity index (χ3n) is 5.34. The zero-order chi connectivity index (χ0) is 23.7. The van der Waals surface area contributed by atoms with E-state index in [0.29, 0.717) is 6.54 Å². The molecule has 1 aromatic rings. The van der Waals surface area contributed by atoms with Crippen LogP contribution in [0.5, 0.6) is 0 Å². The van der Waals surface area contributed by atoms with Gasteiger partial charge in [0, 0.05) is 18.9 Å². The summed E-state index contributed by atoms with van der Waals surface area (Å²) in [5.41, 5.74) is 1.13. The van der Waals surface area contributed by atoms with E-state index in [2.05, 4.69) is 16.0 Å². The summed E-state index contributed by atoms with van der Waals surface area (Å²) in [5, 5.41) is 8.09. The number of likely N-dealkylation sites (N-methyl/N-ethyl adjacent to an activating group) is 1. The van der Waals surface area contributed by atoms with Crippen molar-refractivity contribution in [3.8, 4) is 0 Å². The van der Waals surface area contributed by atoms with Crippen molar-refractivity contribution in [1.82, 2.24) is 25.8 Å².